The number of aliphatic carboxylic acids is 1. The molecular weight excluding hydrogens is 292 g/mol. The Labute approximate surface area is 126 Å². The maximum Gasteiger partial charge on any atom is 0.328 e. The highest BCUT2D eigenvalue weighted by Gasteiger charge is 2.41. The lowest BCUT2D eigenvalue weighted by molar-refractivity contribution is -0.133. The van der Waals surface area contributed by atoms with Gasteiger partial charge in [-0.1, -0.05) is 0 Å². The van der Waals surface area contributed by atoms with E-state index < -0.39 is 11.5 Å². The Morgan fingerprint density at radius 2 is 2.19 bits per heavy atom. The zero-order chi connectivity index (χ0) is 15.6. The zero-order valence-corrected chi connectivity index (χ0v) is 12.6. The van der Waals surface area contributed by atoms with Gasteiger partial charge in [0.15, 0.2) is 0 Å². The molecule has 0 aromatic carbocycles. The van der Waals surface area contributed by atoms with E-state index in [1.807, 2.05) is 0 Å². The molecule has 2 heterocycles. The number of nitrogens with one attached hydrogen (secondary N) is 1. The minimum atomic E-state index is -1.07. The highest BCUT2D eigenvalue weighted by atomic mass is 32.1. The number of nitrogens with zero attached hydrogens (tertiary/aromatic N) is 1. The summed E-state index contributed by atoms with van der Waals surface area (Å²) in [5.74, 6) is -1.52. The molecule has 2 amide bonds. The van der Waals surface area contributed by atoms with Gasteiger partial charge in [0.2, 0.25) is 5.91 Å². The molecule has 0 aliphatic carbocycles. The van der Waals surface area contributed by atoms with Crippen LogP contribution < -0.4 is 5.32 Å². The molecule has 0 spiro atoms. The lowest BCUT2D eigenvalue weighted by Crippen LogP contribution is -2.63. The van der Waals surface area contributed by atoms with Crippen molar-refractivity contribution in [3.63, 3.8) is 0 Å². The first-order chi connectivity index (χ1) is 9.84. The van der Waals surface area contributed by atoms with Crippen LogP contribution in [0.5, 0.6) is 0 Å². The molecule has 7 heteroatoms. The van der Waals surface area contributed by atoms with Crippen LogP contribution in [0, 0.1) is 0 Å². The molecule has 0 bridgehead atoms. The number of thiophene rings is 1. The number of hydrogen-bond acceptors (Lipinski definition) is 4. The zero-order valence-electron chi connectivity index (χ0n) is 11.8. The predicted molar refractivity (Wildman–Crippen MR) is 79.1 cm³/mol. The number of amides is 2. The average Bonchev–Trinajstić information content (AvgIpc) is 2.87. The molecule has 1 aliphatic rings. The summed E-state index contributed by atoms with van der Waals surface area (Å²) in [5.41, 5.74) is -0.373. The molecule has 1 fully saturated rings. The summed E-state index contributed by atoms with van der Waals surface area (Å²) in [6.45, 7) is 4.23. The molecule has 6 nitrogen and oxygen atoms in total. The van der Waals surface area contributed by atoms with Gasteiger partial charge in [0.25, 0.3) is 5.91 Å². The topological polar surface area (TPSA) is 86.7 Å². The molecule has 1 aliphatic heterocycles. The summed E-state index contributed by atoms with van der Waals surface area (Å²) < 4.78 is 0. The van der Waals surface area contributed by atoms with E-state index >= 15 is 0 Å². The molecule has 2 N–H and O–H groups in total. The van der Waals surface area contributed by atoms with Crippen LogP contribution in [0.3, 0.4) is 0 Å². The lowest BCUT2D eigenvalue weighted by atomic mass is 9.98. The van der Waals surface area contributed by atoms with Crippen LogP contribution in [-0.2, 0) is 9.59 Å². The molecule has 1 aromatic rings. The standard InChI is InChI=1S/C14H16N2O4S/c1-14(2)13(20)15-6-7-16(14)12(19)11-9(5-8-21-11)3-4-10(17)18/h3-5,8H,6-7H2,1-2H3,(H,15,20)(H,17,18). The number of carboxylic acid groups (broad SMARTS) is 1. The van der Waals surface area contributed by atoms with E-state index in [0.717, 1.165) is 6.08 Å². The second-order valence-corrected chi connectivity index (χ2v) is 6.06. The van der Waals surface area contributed by atoms with E-state index in [4.69, 9.17) is 5.11 Å². The maximum absolute atomic E-state index is 12.7. The first-order valence-corrected chi connectivity index (χ1v) is 7.31. The van der Waals surface area contributed by atoms with E-state index in [1.165, 1.54) is 22.3 Å². The number of hydrogen-bond donors (Lipinski definition) is 2. The van der Waals surface area contributed by atoms with Crippen LogP contribution in [0.2, 0.25) is 0 Å². The van der Waals surface area contributed by atoms with Gasteiger partial charge in [0.05, 0.1) is 4.88 Å². The maximum atomic E-state index is 12.7. The summed E-state index contributed by atoms with van der Waals surface area (Å²) >= 11 is 1.24. The van der Waals surface area contributed by atoms with Crippen molar-refractivity contribution in [3.05, 3.63) is 28.0 Å². The van der Waals surface area contributed by atoms with Crippen molar-refractivity contribution >= 4 is 35.2 Å². The Hall–Kier alpha value is -2.15. The predicted octanol–water partition coefficient (Wildman–Crippen LogP) is 1.20. The number of carboxylic acids is 1. The van der Waals surface area contributed by atoms with Crippen molar-refractivity contribution in [1.29, 1.82) is 0 Å². The van der Waals surface area contributed by atoms with Gasteiger partial charge in [-0.05, 0) is 36.9 Å². The number of piperazine rings is 1. The number of rotatable bonds is 3. The molecule has 0 unspecified atom stereocenters. The van der Waals surface area contributed by atoms with Gasteiger partial charge in [-0.3, -0.25) is 9.59 Å². The minimum Gasteiger partial charge on any atom is -0.478 e. The average molecular weight is 308 g/mol. The van der Waals surface area contributed by atoms with E-state index in [-0.39, 0.29) is 11.8 Å². The first-order valence-electron chi connectivity index (χ1n) is 6.43. The molecule has 1 aromatic heterocycles. The quantitative estimate of drug-likeness (QED) is 0.821. The highest BCUT2D eigenvalue weighted by Crippen LogP contribution is 2.26. The minimum absolute atomic E-state index is 0.193. The Kier molecular flexibility index (Phi) is 4.13. The van der Waals surface area contributed by atoms with Crippen molar-refractivity contribution in [1.82, 2.24) is 10.2 Å². The lowest BCUT2D eigenvalue weighted by Gasteiger charge is -2.41. The first kappa shape index (κ1) is 15.2. The van der Waals surface area contributed by atoms with Crippen molar-refractivity contribution in [3.8, 4) is 0 Å². The molecule has 0 saturated carbocycles. The summed E-state index contributed by atoms with van der Waals surface area (Å²) in [4.78, 5) is 37.1. The fraction of sp³-hybridized carbons (Fsp3) is 0.357. The fourth-order valence-electron chi connectivity index (χ4n) is 2.16. The van der Waals surface area contributed by atoms with Crippen LogP contribution in [0.1, 0.15) is 29.1 Å². The third-order valence-electron chi connectivity index (χ3n) is 3.39. The van der Waals surface area contributed by atoms with Crippen LogP contribution in [0.25, 0.3) is 6.08 Å². The molecule has 2 rings (SSSR count). The van der Waals surface area contributed by atoms with Crippen LogP contribution in [0.15, 0.2) is 17.5 Å². The fourth-order valence-corrected chi connectivity index (χ4v) is 3.00. The Bertz CT molecular complexity index is 618. The Balaban J connectivity index is 2.30. The summed E-state index contributed by atoms with van der Waals surface area (Å²) in [6.07, 6.45) is 2.38. The van der Waals surface area contributed by atoms with Crippen molar-refractivity contribution in [2.24, 2.45) is 0 Å². The second-order valence-electron chi connectivity index (χ2n) is 5.15. The monoisotopic (exact) mass is 308 g/mol. The van der Waals surface area contributed by atoms with Gasteiger partial charge in [-0.2, -0.15) is 0 Å². The Morgan fingerprint density at radius 1 is 1.48 bits per heavy atom. The van der Waals surface area contributed by atoms with E-state index in [0.29, 0.717) is 23.5 Å². The van der Waals surface area contributed by atoms with E-state index in [1.54, 1.807) is 25.3 Å². The van der Waals surface area contributed by atoms with E-state index in [9.17, 15) is 14.4 Å². The number of carbonyl (C=O) groups excluding carboxylic acids is 2. The Morgan fingerprint density at radius 3 is 2.86 bits per heavy atom. The molecule has 112 valence electrons. The summed E-state index contributed by atoms with van der Waals surface area (Å²) in [6, 6.07) is 1.69. The molecular formula is C14H16N2O4S. The van der Waals surface area contributed by atoms with Crippen LogP contribution in [-0.4, -0.2) is 46.4 Å². The smallest absolute Gasteiger partial charge is 0.328 e. The van der Waals surface area contributed by atoms with Crippen molar-refractivity contribution in [2.75, 3.05) is 13.1 Å². The molecule has 0 radical (unpaired) electrons. The summed E-state index contributed by atoms with van der Waals surface area (Å²) in [7, 11) is 0. The normalized spacial score (nSPS) is 17.8. The molecule has 0 atom stereocenters. The summed E-state index contributed by atoms with van der Waals surface area (Å²) in [5, 5.41) is 13.1. The van der Waals surface area contributed by atoms with Gasteiger partial charge in [0.1, 0.15) is 5.54 Å². The van der Waals surface area contributed by atoms with Gasteiger partial charge in [-0.25, -0.2) is 4.79 Å². The van der Waals surface area contributed by atoms with Gasteiger partial charge in [-0.15, -0.1) is 11.3 Å². The van der Waals surface area contributed by atoms with E-state index in [2.05, 4.69) is 5.32 Å². The molecule has 1 saturated heterocycles. The molecule has 21 heavy (non-hydrogen) atoms. The third kappa shape index (κ3) is 2.97. The van der Waals surface area contributed by atoms with Gasteiger partial charge in [0, 0.05) is 19.2 Å². The SMILES string of the molecule is CC1(C)C(=O)NCCN1C(=O)c1sccc1C=CC(=O)O. The number of carbonyl (C=O) groups is 3. The largest absolute Gasteiger partial charge is 0.478 e. The van der Waals surface area contributed by atoms with Gasteiger partial charge >= 0.3 is 5.97 Å². The van der Waals surface area contributed by atoms with Gasteiger partial charge < -0.3 is 15.3 Å². The third-order valence-corrected chi connectivity index (χ3v) is 4.31. The van der Waals surface area contributed by atoms with Crippen LogP contribution >= 0.6 is 11.3 Å². The van der Waals surface area contributed by atoms with Crippen molar-refractivity contribution in [2.45, 2.75) is 19.4 Å². The van der Waals surface area contributed by atoms with Crippen LogP contribution in [0.4, 0.5) is 0 Å². The van der Waals surface area contributed by atoms with Crippen molar-refractivity contribution < 1.29 is 19.5 Å². The second kappa shape index (κ2) is 5.69. The highest BCUT2D eigenvalue weighted by molar-refractivity contribution is 7.12.